The Kier molecular flexibility index (Phi) is 3.97. The van der Waals surface area contributed by atoms with Crippen molar-refractivity contribution in [3.8, 4) is 5.69 Å². The van der Waals surface area contributed by atoms with Gasteiger partial charge < -0.3 is 10.6 Å². The Labute approximate surface area is 144 Å². The number of hydrogen-bond donors (Lipinski definition) is 2. The molecule has 2 N–H and O–H groups in total. The van der Waals surface area contributed by atoms with Gasteiger partial charge in [-0.3, -0.25) is 4.79 Å². The molecule has 0 spiro atoms. The fourth-order valence-corrected chi connectivity index (χ4v) is 3.05. The molecule has 1 aromatic heterocycles. The van der Waals surface area contributed by atoms with Crippen LogP contribution in [-0.2, 0) is 4.79 Å². The van der Waals surface area contributed by atoms with Gasteiger partial charge >= 0.3 is 0 Å². The molecule has 1 amide bonds. The van der Waals surface area contributed by atoms with Gasteiger partial charge in [0, 0.05) is 17.5 Å². The first kappa shape index (κ1) is 15.5. The summed E-state index contributed by atoms with van der Waals surface area (Å²) in [7, 11) is 0. The van der Waals surface area contributed by atoms with Crippen LogP contribution in [0.5, 0.6) is 0 Å². The molecule has 2 heterocycles. The van der Waals surface area contributed by atoms with E-state index in [1.54, 1.807) is 16.8 Å². The van der Waals surface area contributed by atoms with Gasteiger partial charge in [-0.05, 0) is 60.5 Å². The number of aromatic nitrogens is 4. The third-order valence-corrected chi connectivity index (χ3v) is 5.13. The lowest BCUT2D eigenvalue weighted by atomic mass is 9.88. The second kappa shape index (κ2) is 6.14. The van der Waals surface area contributed by atoms with Crippen molar-refractivity contribution in [2.45, 2.75) is 25.7 Å². The number of nitrogens with one attached hydrogen (secondary N) is 2. The first-order valence-corrected chi connectivity index (χ1v) is 8.61. The number of carbonyl (C=O) groups excluding carboxylic acids is 1. The van der Waals surface area contributed by atoms with E-state index in [2.05, 4.69) is 26.2 Å². The van der Waals surface area contributed by atoms with E-state index in [0.717, 1.165) is 31.8 Å². The van der Waals surface area contributed by atoms with Crippen LogP contribution in [0, 0.1) is 11.8 Å². The quantitative estimate of drug-likeness (QED) is 0.864. The fourth-order valence-electron chi connectivity index (χ4n) is 2.85. The molecule has 1 aliphatic heterocycles. The van der Waals surface area contributed by atoms with Crippen LogP contribution in [-0.4, -0.2) is 39.2 Å². The van der Waals surface area contributed by atoms with Crippen LogP contribution >= 0.6 is 11.6 Å². The number of anilines is 1. The Bertz CT molecular complexity index is 768. The number of carbonyl (C=O) groups is 1. The maximum atomic E-state index is 12.4. The summed E-state index contributed by atoms with van der Waals surface area (Å²) in [4.78, 5) is 12.4. The smallest absolute Gasteiger partial charge is 0.227 e. The molecule has 4 rings (SSSR count). The van der Waals surface area contributed by atoms with Gasteiger partial charge in [-0.25, -0.2) is 0 Å². The van der Waals surface area contributed by atoms with Gasteiger partial charge in [0.25, 0.3) is 0 Å². The van der Waals surface area contributed by atoms with Crippen molar-refractivity contribution in [2.75, 3.05) is 18.4 Å². The Balaban J connectivity index is 1.57. The molecular formula is C16H19ClN6O. The van der Waals surface area contributed by atoms with Crippen LogP contribution in [0.4, 0.5) is 5.69 Å². The van der Waals surface area contributed by atoms with Gasteiger partial charge in [0.2, 0.25) is 5.91 Å². The predicted molar refractivity (Wildman–Crippen MR) is 90.3 cm³/mol. The Morgan fingerprint density at radius 1 is 1.42 bits per heavy atom. The lowest BCUT2D eigenvalue weighted by Crippen LogP contribution is -2.48. The predicted octanol–water partition coefficient (Wildman–Crippen LogP) is 1.99. The minimum Gasteiger partial charge on any atom is -0.326 e. The number of amides is 1. The van der Waals surface area contributed by atoms with Gasteiger partial charge in [-0.1, -0.05) is 18.5 Å². The molecule has 0 radical (unpaired) electrons. The molecule has 1 unspecified atom stereocenters. The minimum atomic E-state index is -0.0274. The van der Waals surface area contributed by atoms with Crippen LogP contribution in [0.25, 0.3) is 5.69 Å². The molecule has 2 fully saturated rings. The maximum absolute atomic E-state index is 12.4. The number of hydrogen-bond acceptors (Lipinski definition) is 5. The summed E-state index contributed by atoms with van der Waals surface area (Å²) in [6.07, 6.45) is 2.20. The molecule has 1 aliphatic carbocycles. The summed E-state index contributed by atoms with van der Waals surface area (Å²) in [6, 6.07) is 5.39. The molecule has 2 aliphatic rings. The van der Waals surface area contributed by atoms with Crippen molar-refractivity contribution in [1.82, 2.24) is 25.5 Å². The molecule has 1 aromatic carbocycles. The molecule has 0 bridgehead atoms. The molecule has 24 heavy (non-hydrogen) atoms. The normalized spacial score (nSPS) is 18.9. The molecule has 126 valence electrons. The average molecular weight is 347 g/mol. The Morgan fingerprint density at radius 3 is 2.88 bits per heavy atom. The topological polar surface area (TPSA) is 84.7 Å². The van der Waals surface area contributed by atoms with Crippen LogP contribution in [0.2, 0.25) is 5.02 Å². The van der Waals surface area contributed by atoms with Crippen molar-refractivity contribution in [2.24, 2.45) is 11.8 Å². The van der Waals surface area contributed by atoms with E-state index in [9.17, 15) is 4.79 Å². The molecular weight excluding hydrogens is 328 g/mol. The summed E-state index contributed by atoms with van der Waals surface area (Å²) >= 11 is 6.33. The Morgan fingerprint density at radius 2 is 2.21 bits per heavy atom. The third-order valence-electron chi connectivity index (χ3n) is 4.81. The van der Waals surface area contributed by atoms with E-state index in [1.807, 2.05) is 13.0 Å². The molecule has 8 heteroatoms. The van der Waals surface area contributed by atoms with Crippen molar-refractivity contribution in [3.05, 3.63) is 29.0 Å². The zero-order valence-electron chi connectivity index (χ0n) is 13.4. The summed E-state index contributed by atoms with van der Waals surface area (Å²) in [6.45, 7) is 3.76. The van der Waals surface area contributed by atoms with Crippen molar-refractivity contribution in [1.29, 1.82) is 0 Å². The molecule has 1 saturated carbocycles. The van der Waals surface area contributed by atoms with Crippen molar-refractivity contribution < 1.29 is 4.79 Å². The molecule has 2 aromatic rings. The van der Waals surface area contributed by atoms with Gasteiger partial charge in [0.15, 0.2) is 5.82 Å². The van der Waals surface area contributed by atoms with E-state index in [0.29, 0.717) is 28.2 Å². The zero-order valence-corrected chi connectivity index (χ0v) is 14.1. The van der Waals surface area contributed by atoms with E-state index >= 15 is 0 Å². The first-order chi connectivity index (χ1) is 11.6. The van der Waals surface area contributed by atoms with E-state index in [1.165, 1.54) is 0 Å². The average Bonchev–Trinajstić information content (AvgIpc) is 3.25. The lowest BCUT2D eigenvalue weighted by molar-refractivity contribution is -0.121. The molecule has 1 saturated heterocycles. The highest BCUT2D eigenvalue weighted by atomic mass is 35.5. The second-order valence-corrected chi connectivity index (χ2v) is 6.99. The van der Waals surface area contributed by atoms with Crippen LogP contribution in [0.15, 0.2) is 18.2 Å². The maximum Gasteiger partial charge on any atom is 0.227 e. The number of nitrogens with zero attached hydrogens (tertiary/aromatic N) is 4. The zero-order chi connectivity index (χ0) is 16.7. The standard InChI is InChI=1S/C16H19ClN6O/c1-9(11-7-18-8-11)16(24)19-12-4-5-13(17)14(6-12)23-15(10-2-3-10)20-21-22-23/h4-6,9-11,18H,2-3,7-8H2,1H3,(H,19,24). The van der Waals surface area contributed by atoms with Crippen molar-refractivity contribution in [3.63, 3.8) is 0 Å². The Hall–Kier alpha value is -1.99. The van der Waals surface area contributed by atoms with Gasteiger partial charge in [-0.2, -0.15) is 4.68 Å². The van der Waals surface area contributed by atoms with Gasteiger partial charge in [0.1, 0.15) is 0 Å². The largest absolute Gasteiger partial charge is 0.326 e. The second-order valence-electron chi connectivity index (χ2n) is 6.59. The highest BCUT2D eigenvalue weighted by Crippen LogP contribution is 2.40. The number of benzene rings is 1. The van der Waals surface area contributed by atoms with Crippen molar-refractivity contribution >= 4 is 23.2 Å². The summed E-state index contributed by atoms with van der Waals surface area (Å²) in [5, 5.41) is 18.7. The van der Waals surface area contributed by atoms with E-state index < -0.39 is 0 Å². The van der Waals surface area contributed by atoms with Crippen LogP contribution in [0.1, 0.15) is 31.5 Å². The fraction of sp³-hybridized carbons (Fsp3) is 0.500. The molecule has 7 nitrogen and oxygen atoms in total. The van der Waals surface area contributed by atoms with Gasteiger partial charge in [0.05, 0.1) is 10.7 Å². The lowest BCUT2D eigenvalue weighted by Gasteiger charge is -2.31. The number of halogens is 1. The number of tetrazole rings is 1. The summed E-state index contributed by atoms with van der Waals surface area (Å²) < 4.78 is 1.68. The molecule has 1 atom stereocenters. The van der Waals surface area contributed by atoms with Gasteiger partial charge in [-0.15, -0.1) is 5.10 Å². The SMILES string of the molecule is CC(C(=O)Nc1ccc(Cl)c(-n2nnnc2C2CC2)c1)C1CNC1. The highest BCUT2D eigenvalue weighted by Gasteiger charge is 2.31. The number of rotatable bonds is 5. The third kappa shape index (κ3) is 2.89. The van der Waals surface area contributed by atoms with Crippen LogP contribution < -0.4 is 10.6 Å². The van der Waals surface area contributed by atoms with E-state index in [-0.39, 0.29) is 11.8 Å². The highest BCUT2D eigenvalue weighted by molar-refractivity contribution is 6.32. The summed E-state index contributed by atoms with van der Waals surface area (Å²) in [5.74, 6) is 1.63. The van der Waals surface area contributed by atoms with E-state index in [4.69, 9.17) is 11.6 Å². The first-order valence-electron chi connectivity index (χ1n) is 8.23. The van der Waals surface area contributed by atoms with Crippen LogP contribution in [0.3, 0.4) is 0 Å². The minimum absolute atomic E-state index is 0.0221. The monoisotopic (exact) mass is 346 g/mol. The summed E-state index contributed by atoms with van der Waals surface area (Å²) in [5.41, 5.74) is 1.40.